The summed E-state index contributed by atoms with van der Waals surface area (Å²) in [5, 5.41) is 3.53. The third-order valence-electron chi connectivity index (χ3n) is 2.84. The molecule has 1 nitrogen and oxygen atoms in total. The van der Waals surface area contributed by atoms with E-state index in [0.717, 1.165) is 17.9 Å². The van der Waals surface area contributed by atoms with E-state index < -0.39 is 0 Å². The second kappa shape index (κ2) is 4.10. The van der Waals surface area contributed by atoms with Gasteiger partial charge in [-0.25, -0.2) is 0 Å². The summed E-state index contributed by atoms with van der Waals surface area (Å²) in [4.78, 5) is 0. The molecular formula is C10H21N. The summed E-state index contributed by atoms with van der Waals surface area (Å²) in [6, 6.07) is 0.741. The monoisotopic (exact) mass is 155 g/mol. The van der Waals surface area contributed by atoms with Gasteiger partial charge in [-0.1, -0.05) is 13.8 Å². The van der Waals surface area contributed by atoms with E-state index >= 15 is 0 Å². The lowest BCUT2D eigenvalue weighted by Gasteiger charge is -2.20. The molecule has 0 aliphatic carbocycles. The van der Waals surface area contributed by atoms with E-state index in [1.807, 2.05) is 0 Å². The molecule has 1 fully saturated rings. The molecule has 11 heavy (non-hydrogen) atoms. The molecule has 0 amide bonds. The Bertz CT molecular complexity index is 109. The van der Waals surface area contributed by atoms with Crippen LogP contribution >= 0.6 is 0 Å². The fourth-order valence-electron chi connectivity index (χ4n) is 1.97. The van der Waals surface area contributed by atoms with Gasteiger partial charge in [0.15, 0.2) is 0 Å². The van der Waals surface area contributed by atoms with Gasteiger partial charge in [-0.2, -0.15) is 0 Å². The van der Waals surface area contributed by atoms with Gasteiger partial charge in [0, 0.05) is 6.04 Å². The van der Waals surface area contributed by atoms with E-state index in [9.17, 15) is 0 Å². The number of nitrogens with one attached hydrogen (secondary N) is 1. The van der Waals surface area contributed by atoms with E-state index in [1.165, 1.54) is 25.8 Å². The van der Waals surface area contributed by atoms with Crippen molar-refractivity contribution in [2.75, 3.05) is 6.54 Å². The van der Waals surface area contributed by atoms with Crippen LogP contribution in [0.1, 0.15) is 40.0 Å². The summed E-state index contributed by atoms with van der Waals surface area (Å²) >= 11 is 0. The molecule has 2 atom stereocenters. The first kappa shape index (κ1) is 9.05. The van der Waals surface area contributed by atoms with Crippen molar-refractivity contribution in [1.29, 1.82) is 0 Å². The third kappa shape index (κ3) is 2.82. The molecule has 0 spiro atoms. The van der Waals surface area contributed by atoms with Crippen molar-refractivity contribution in [1.82, 2.24) is 5.32 Å². The second-order valence-corrected chi connectivity index (χ2v) is 4.24. The summed E-state index contributed by atoms with van der Waals surface area (Å²) in [6.07, 6.45) is 4.17. The van der Waals surface area contributed by atoms with Gasteiger partial charge in [-0.15, -0.1) is 0 Å². The molecule has 1 heteroatoms. The molecule has 0 aromatic carbocycles. The maximum atomic E-state index is 3.53. The molecule has 0 radical (unpaired) electrons. The molecule has 1 aliphatic rings. The first-order valence-electron chi connectivity index (χ1n) is 4.93. The Kier molecular flexibility index (Phi) is 3.38. The molecule has 1 heterocycles. The highest BCUT2D eigenvalue weighted by atomic mass is 14.9. The van der Waals surface area contributed by atoms with Crippen LogP contribution in [0.4, 0.5) is 0 Å². The molecule has 0 aromatic heterocycles. The van der Waals surface area contributed by atoms with Crippen molar-refractivity contribution in [2.45, 2.75) is 46.1 Å². The van der Waals surface area contributed by atoms with E-state index in [4.69, 9.17) is 0 Å². The first-order valence-corrected chi connectivity index (χ1v) is 4.93. The Morgan fingerprint density at radius 3 is 2.73 bits per heavy atom. The summed E-state index contributed by atoms with van der Waals surface area (Å²) in [5.74, 6) is 1.83. The van der Waals surface area contributed by atoms with Crippen LogP contribution in [0.25, 0.3) is 0 Å². The zero-order chi connectivity index (χ0) is 8.27. The van der Waals surface area contributed by atoms with Gasteiger partial charge in [0.25, 0.3) is 0 Å². The fourth-order valence-corrected chi connectivity index (χ4v) is 1.97. The number of rotatable bonds is 1. The predicted molar refractivity (Wildman–Crippen MR) is 49.6 cm³/mol. The molecule has 1 saturated heterocycles. The van der Waals surface area contributed by atoms with E-state index in [1.54, 1.807) is 0 Å². The molecule has 0 bridgehead atoms. The van der Waals surface area contributed by atoms with Crippen LogP contribution < -0.4 is 5.32 Å². The Hall–Kier alpha value is -0.0400. The Morgan fingerprint density at radius 1 is 1.36 bits per heavy atom. The highest BCUT2D eigenvalue weighted by molar-refractivity contribution is 4.74. The molecule has 0 saturated carbocycles. The lowest BCUT2D eigenvalue weighted by Crippen LogP contribution is -2.26. The van der Waals surface area contributed by atoms with Crippen molar-refractivity contribution in [2.24, 2.45) is 11.8 Å². The predicted octanol–water partition coefficient (Wildman–Crippen LogP) is 2.42. The molecular weight excluding hydrogens is 134 g/mol. The van der Waals surface area contributed by atoms with Crippen LogP contribution in [0.3, 0.4) is 0 Å². The first-order chi connectivity index (χ1) is 5.20. The van der Waals surface area contributed by atoms with Gasteiger partial charge >= 0.3 is 0 Å². The van der Waals surface area contributed by atoms with E-state index in [2.05, 4.69) is 26.1 Å². The largest absolute Gasteiger partial charge is 0.314 e. The van der Waals surface area contributed by atoms with Gasteiger partial charge in [0.05, 0.1) is 0 Å². The molecule has 1 unspecified atom stereocenters. The van der Waals surface area contributed by atoms with Gasteiger partial charge in [-0.3, -0.25) is 0 Å². The highest BCUT2D eigenvalue weighted by Crippen LogP contribution is 2.24. The molecule has 1 N–H and O–H groups in total. The Labute approximate surface area is 70.6 Å². The van der Waals surface area contributed by atoms with Gasteiger partial charge in [0.2, 0.25) is 0 Å². The van der Waals surface area contributed by atoms with Crippen LogP contribution in [0, 0.1) is 11.8 Å². The summed E-state index contributed by atoms with van der Waals surface area (Å²) < 4.78 is 0. The minimum Gasteiger partial charge on any atom is -0.314 e. The van der Waals surface area contributed by atoms with E-state index in [0.29, 0.717) is 0 Å². The number of hydrogen-bond donors (Lipinski definition) is 1. The quantitative estimate of drug-likeness (QED) is 0.613. The molecule has 1 rings (SSSR count). The van der Waals surface area contributed by atoms with Crippen LogP contribution in [0.15, 0.2) is 0 Å². The van der Waals surface area contributed by atoms with Gasteiger partial charge < -0.3 is 5.32 Å². The summed E-state index contributed by atoms with van der Waals surface area (Å²) in [5.41, 5.74) is 0. The SMILES string of the molecule is CC1C[C@@H](C(C)C)CCCN1. The van der Waals surface area contributed by atoms with Crippen LogP contribution in [-0.4, -0.2) is 12.6 Å². The highest BCUT2D eigenvalue weighted by Gasteiger charge is 2.18. The second-order valence-electron chi connectivity index (χ2n) is 4.24. The maximum Gasteiger partial charge on any atom is 0.00414 e. The van der Waals surface area contributed by atoms with Gasteiger partial charge in [-0.05, 0) is 44.6 Å². The minimum absolute atomic E-state index is 0.741. The fraction of sp³-hybridized carbons (Fsp3) is 1.00. The Morgan fingerprint density at radius 2 is 2.09 bits per heavy atom. The van der Waals surface area contributed by atoms with Crippen molar-refractivity contribution < 1.29 is 0 Å². The average molecular weight is 155 g/mol. The Balaban J connectivity index is 2.39. The third-order valence-corrected chi connectivity index (χ3v) is 2.84. The van der Waals surface area contributed by atoms with Crippen LogP contribution in [0.2, 0.25) is 0 Å². The summed E-state index contributed by atoms with van der Waals surface area (Å²) in [6.45, 7) is 8.23. The topological polar surface area (TPSA) is 12.0 Å². The zero-order valence-corrected chi connectivity index (χ0v) is 8.06. The molecule has 0 aromatic rings. The van der Waals surface area contributed by atoms with Crippen LogP contribution in [-0.2, 0) is 0 Å². The lowest BCUT2D eigenvalue weighted by molar-refractivity contribution is 0.327. The normalized spacial score (nSPS) is 33.8. The molecule has 66 valence electrons. The lowest BCUT2D eigenvalue weighted by atomic mass is 9.87. The zero-order valence-electron chi connectivity index (χ0n) is 8.06. The summed E-state index contributed by atoms with van der Waals surface area (Å²) in [7, 11) is 0. The van der Waals surface area contributed by atoms with Crippen molar-refractivity contribution in [3.8, 4) is 0 Å². The maximum absolute atomic E-state index is 3.53. The number of hydrogen-bond acceptors (Lipinski definition) is 1. The molecule has 1 aliphatic heterocycles. The van der Waals surface area contributed by atoms with Crippen molar-refractivity contribution >= 4 is 0 Å². The van der Waals surface area contributed by atoms with Gasteiger partial charge in [0.1, 0.15) is 0 Å². The average Bonchev–Trinajstić information content (AvgIpc) is 2.13. The minimum atomic E-state index is 0.741. The smallest absolute Gasteiger partial charge is 0.00414 e. The van der Waals surface area contributed by atoms with Crippen LogP contribution in [0.5, 0.6) is 0 Å². The standard InChI is InChI=1S/C10H21N/c1-8(2)10-5-4-6-11-9(3)7-10/h8-11H,4-7H2,1-3H3/t9?,10-/m0/s1. The van der Waals surface area contributed by atoms with Crippen molar-refractivity contribution in [3.05, 3.63) is 0 Å². The van der Waals surface area contributed by atoms with Crippen molar-refractivity contribution in [3.63, 3.8) is 0 Å². The van der Waals surface area contributed by atoms with E-state index in [-0.39, 0.29) is 0 Å².